The SMILES string of the molecule is CCc1ccc(Cc2cc(C3CC(O)CC(CO)C3=O)ccc2Cl)cc1. The van der Waals surface area contributed by atoms with Crippen molar-refractivity contribution in [3.8, 4) is 0 Å². The molecule has 4 heteroatoms. The van der Waals surface area contributed by atoms with E-state index in [2.05, 4.69) is 31.2 Å². The second-order valence-corrected chi connectivity index (χ2v) is 7.56. The summed E-state index contributed by atoms with van der Waals surface area (Å²) in [5, 5.41) is 20.2. The van der Waals surface area contributed by atoms with Gasteiger partial charge in [0.15, 0.2) is 0 Å². The first-order valence-corrected chi connectivity index (χ1v) is 9.58. The van der Waals surface area contributed by atoms with Gasteiger partial charge in [-0.1, -0.05) is 54.9 Å². The molecule has 0 heterocycles. The fourth-order valence-corrected chi connectivity index (χ4v) is 3.92. The van der Waals surface area contributed by atoms with Crippen LogP contribution < -0.4 is 0 Å². The van der Waals surface area contributed by atoms with Gasteiger partial charge < -0.3 is 10.2 Å². The van der Waals surface area contributed by atoms with Crippen LogP contribution >= 0.6 is 11.6 Å². The van der Waals surface area contributed by atoms with Crippen molar-refractivity contribution in [1.82, 2.24) is 0 Å². The van der Waals surface area contributed by atoms with Gasteiger partial charge in [-0.15, -0.1) is 0 Å². The standard InChI is InChI=1S/C22H25ClO3/c1-2-14-3-5-15(6-4-14)9-17-10-16(7-8-21(17)23)20-12-19(25)11-18(13-24)22(20)26/h3-8,10,18-20,24-25H,2,9,11-13H2,1H3. The number of halogens is 1. The lowest BCUT2D eigenvalue weighted by Crippen LogP contribution is -2.36. The first-order valence-electron chi connectivity index (χ1n) is 9.20. The molecule has 1 fully saturated rings. The number of aliphatic hydroxyl groups is 2. The van der Waals surface area contributed by atoms with E-state index in [1.165, 1.54) is 11.1 Å². The predicted molar refractivity (Wildman–Crippen MR) is 104 cm³/mol. The summed E-state index contributed by atoms with van der Waals surface area (Å²) in [6.07, 6.45) is 1.89. The summed E-state index contributed by atoms with van der Waals surface area (Å²) < 4.78 is 0. The van der Waals surface area contributed by atoms with E-state index in [9.17, 15) is 15.0 Å². The molecule has 0 bridgehead atoms. The van der Waals surface area contributed by atoms with Crippen molar-refractivity contribution in [3.05, 3.63) is 69.7 Å². The molecule has 138 valence electrons. The number of carbonyl (C=O) groups is 1. The zero-order chi connectivity index (χ0) is 18.7. The van der Waals surface area contributed by atoms with Crippen LogP contribution in [0.15, 0.2) is 42.5 Å². The Kier molecular flexibility index (Phi) is 6.13. The Morgan fingerprint density at radius 3 is 2.42 bits per heavy atom. The van der Waals surface area contributed by atoms with Crippen LogP contribution in [0.4, 0.5) is 0 Å². The topological polar surface area (TPSA) is 57.5 Å². The number of hydrogen-bond acceptors (Lipinski definition) is 3. The van der Waals surface area contributed by atoms with Gasteiger partial charge in [0.05, 0.1) is 12.7 Å². The highest BCUT2D eigenvalue weighted by Gasteiger charge is 2.36. The van der Waals surface area contributed by atoms with Gasteiger partial charge in [0.2, 0.25) is 0 Å². The molecule has 1 aliphatic rings. The maximum absolute atomic E-state index is 12.6. The van der Waals surface area contributed by atoms with Crippen molar-refractivity contribution in [2.45, 2.75) is 44.6 Å². The Balaban J connectivity index is 1.85. The summed E-state index contributed by atoms with van der Waals surface area (Å²) in [6.45, 7) is 1.92. The summed E-state index contributed by atoms with van der Waals surface area (Å²) in [5.74, 6) is -0.850. The molecule has 0 amide bonds. The summed E-state index contributed by atoms with van der Waals surface area (Å²) in [7, 11) is 0. The summed E-state index contributed by atoms with van der Waals surface area (Å²) in [6, 6.07) is 14.1. The minimum atomic E-state index is -0.560. The molecule has 2 aromatic carbocycles. The van der Waals surface area contributed by atoms with Gasteiger partial charge in [0.1, 0.15) is 5.78 Å². The second kappa shape index (κ2) is 8.34. The lowest BCUT2D eigenvalue weighted by Gasteiger charge is -2.30. The van der Waals surface area contributed by atoms with Gasteiger partial charge in [-0.25, -0.2) is 0 Å². The number of rotatable bonds is 5. The van der Waals surface area contributed by atoms with E-state index in [4.69, 9.17) is 11.6 Å². The number of benzene rings is 2. The van der Waals surface area contributed by atoms with Gasteiger partial charge in [-0.3, -0.25) is 4.79 Å². The predicted octanol–water partition coefficient (Wildman–Crippen LogP) is 3.91. The maximum atomic E-state index is 12.6. The number of carbonyl (C=O) groups excluding carboxylic acids is 1. The zero-order valence-electron chi connectivity index (χ0n) is 15.0. The highest BCUT2D eigenvalue weighted by Crippen LogP contribution is 2.35. The molecule has 3 atom stereocenters. The molecule has 2 N–H and O–H groups in total. The largest absolute Gasteiger partial charge is 0.396 e. The number of ketones is 1. The number of aliphatic hydroxyl groups excluding tert-OH is 2. The monoisotopic (exact) mass is 372 g/mol. The zero-order valence-corrected chi connectivity index (χ0v) is 15.7. The van der Waals surface area contributed by atoms with Crippen molar-refractivity contribution in [3.63, 3.8) is 0 Å². The molecule has 3 unspecified atom stereocenters. The molecule has 1 saturated carbocycles. The van der Waals surface area contributed by atoms with Crippen LogP contribution in [0, 0.1) is 5.92 Å². The van der Waals surface area contributed by atoms with Crippen molar-refractivity contribution in [1.29, 1.82) is 0 Å². The molecule has 26 heavy (non-hydrogen) atoms. The van der Waals surface area contributed by atoms with E-state index < -0.39 is 12.0 Å². The van der Waals surface area contributed by atoms with Gasteiger partial charge in [-0.2, -0.15) is 0 Å². The first kappa shape index (κ1) is 19.1. The van der Waals surface area contributed by atoms with Crippen LogP contribution in [-0.2, 0) is 17.6 Å². The van der Waals surface area contributed by atoms with Crippen LogP contribution in [0.3, 0.4) is 0 Å². The van der Waals surface area contributed by atoms with E-state index in [1.54, 1.807) is 0 Å². The van der Waals surface area contributed by atoms with Gasteiger partial charge in [-0.05, 0) is 54.0 Å². The number of aryl methyl sites for hydroxylation is 1. The maximum Gasteiger partial charge on any atom is 0.145 e. The van der Waals surface area contributed by atoms with Gasteiger partial charge >= 0.3 is 0 Å². The van der Waals surface area contributed by atoms with E-state index in [-0.39, 0.29) is 18.3 Å². The van der Waals surface area contributed by atoms with Crippen molar-refractivity contribution >= 4 is 17.4 Å². The molecule has 1 aliphatic carbocycles. The Bertz CT molecular complexity index is 769. The summed E-state index contributed by atoms with van der Waals surface area (Å²) in [4.78, 5) is 12.6. The minimum Gasteiger partial charge on any atom is -0.396 e. The van der Waals surface area contributed by atoms with Gasteiger partial charge in [0, 0.05) is 16.9 Å². The molecule has 0 aromatic heterocycles. The average Bonchev–Trinajstić information content (AvgIpc) is 2.65. The molecular weight excluding hydrogens is 348 g/mol. The lowest BCUT2D eigenvalue weighted by atomic mass is 9.75. The lowest BCUT2D eigenvalue weighted by molar-refractivity contribution is -0.130. The molecular formula is C22H25ClO3. The molecule has 3 nitrogen and oxygen atoms in total. The van der Waals surface area contributed by atoms with Crippen molar-refractivity contribution < 1.29 is 15.0 Å². The highest BCUT2D eigenvalue weighted by molar-refractivity contribution is 6.31. The van der Waals surface area contributed by atoms with E-state index >= 15 is 0 Å². The Morgan fingerprint density at radius 1 is 1.08 bits per heavy atom. The number of Topliss-reactive ketones (excluding diaryl/α,β-unsaturated/α-hetero) is 1. The van der Waals surface area contributed by atoms with Crippen molar-refractivity contribution in [2.24, 2.45) is 5.92 Å². The van der Waals surface area contributed by atoms with Gasteiger partial charge in [0.25, 0.3) is 0 Å². The normalized spacial score (nSPS) is 23.2. The van der Waals surface area contributed by atoms with E-state index in [1.807, 2.05) is 18.2 Å². The fourth-order valence-electron chi connectivity index (χ4n) is 3.74. The Labute approximate surface area is 159 Å². The van der Waals surface area contributed by atoms with Crippen molar-refractivity contribution in [2.75, 3.05) is 6.61 Å². The first-order chi connectivity index (χ1) is 12.5. The van der Waals surface area contributed by atoms with E-state index in [0.717, 1.165) is 17.5 Å². The molecule has 0 radical (unpaired) electrons. The Hall–Kier alpha value is -1.68. The van der Waals surface area contributed by atoms with Crippen LogP contribution in [0.25, 0.3) is 0 Å². The third-order valence-electron chi connectivity index (χ3n) is 5.33. The molecule has 0 spiro atoms. The fraction of sp³-hybridized carbons (Fsp3) is 0.409. The average molecular weight is 373 g/mol. The number of hydrogen-bond donors (Lipinski definition) is 2. The van der Waals surface area contributed by atoms with Crippen LogP contribution in [0.5, 0.6) is 0 Å². The van der Waals surface area contributed by atoms with Crippen LogP contribution in [0.2, 0.25) is 5.02 Å². The molecule has 2 aromatic rings. The highest BCUT2D eigenvalue weighted by atomic mass is 35.5. The minimum absolute atomic E-state index is 0.0124. The Morgan fingerprint density at radius 2 is 1.77 bits per heavy atom. The van der Waals surface area contributed by atoms with Crippen LogP contribution in [0.1, 0.15) is 47.9 Å². The second-order valence-electron chi connectivity index (χ2n) is 7.16. The summed E-state index contributed by atoms with van der Waals surface area (Å²) in [5.41, 5.74) is 4.31. The quantitative estimate of drug-likeness (QED) is 0.836. The third-order valence-corrected chi connectivity index (χ3v) is 5.70. The molecule has 0 saturated heterocycles. The molecule has 0 aliphatic heterocycles. The smallest absolute Gasteiger partial charge is 0.145 e. The molecule has 3 rings (SSSR count). The van der Waals surface area contributed by atoms with E-state index in [0.29, 0.717) is 24.3 Å². The summed E-state index contributed by atoms with van der Waals surface area (Å²) >= 11 is 6.39. The van der Waals surface area contributed by atoms with Crippen LogP contribution in [-0.4, -0.2) is 28.7 Å². The third kappa shape index (κ3) is 4.17.